The lowest BCUT2D eigenvalue weighted by Crippen LogP contribution is -2.17. The van der Waals surface area contributed by atoms with Crippen molar-refractivity contribution in [1.29, 1.82) is 0 Å². The molecule has 3 N–H and O–H groups in total. The molecule has 0 radical (unpaired) electrons. The molecular formula is C22H19NO7P2S4. The van der Waals surface area contributed by atoms with Gasteiger partial charge < -0.3 is 24.4 Å². The molecule has 1 saturated heterocycles. The Morgan fingerprint density at radius 1 is 0.917 bits per heavy atom. The Bertz CT molecular complexity index is 1390. The third-order valence-corrected chi connectivity index (χ3v) is 36.1. The number of aromatic hydroxyl groups is 1. The topological polar surface area (TPSA) is 114 Å². The molecule has 1 aliphatic heterocycles. The van der Waals surface area contributed by atoms with Gasteiger partial charge in [0.05, 0.1) is 16.0 Å². The average molecular weight is 600 g/mol. The molecule has 1 heterocycles. The Hall–Kier alpha value is -2.20. The van der Waals surface area contributed by atoms with Crippen LogP contribution in [0.15, 0.2) is 66.7 Å². The molecule has 0 aromatic heterocycles. The molecular weight excluding hydrogens is 580 g/mol. The van der Waals surface area contributed by atoms with Crippen molar-refractivity contribution in [2.24, 2.45) is 0 Å². The van der Waals surface area contributed by atoms with Crippen LogP contribution in [-0.2, 0) is 28.4 Å². The highest BCUT2D eigenvalue weighted by molar-refractivity contribution is 9.48. The van der Waals surface area contributed by atoms with Gasteiger partial charge in [0.15, 0.2) is 0 Å². The third kappa shape index (κ3) is 6.02. The first-order valence-corrected chi connectivity index (χ1v) is 19.8. The summed E-state index contributed by atoms with van der Waals surface area (Å²) in [5.74, 6) is -0.438. The van der Waals surface area contributed by atoms with E-state index in [9.17, 15) is 14.7 Å². The average Bonchev–Trinajstić information content (AvgIpc) is 2.84. The van der Waals surface area contributed by atoms with Crippen molar-refractivity contribution >= 4 is 82.9 Å². The van der Waals surface area contributed by atoms with Crippen molar-refractivity contribution in [3.05, 3.63) is 72.3 Å². The Balaban J connectivity index is 1.28. The van der Waals surface area contributed by atoms with Crippen LogP contribution in [0.3, 0.4) is 0 Å². The first-order chi connectivity index (χ1) is 17.1. The minimum atomic E-state index is -1.90. The van der Waals surface area contributed by atoms with Gasteiger partial charge in [0.2, 0.25) is 6.79 Å². The summed E-state index contributed by atoms with van der Waals surface area (Å²) in [6, 6.07) is 18.8. The number of hydrogen-bond donors (Lipinski definition) is 3. The second kappa shape index (κ2) is 11.0. The van der Waals surface area contributed by atoms with E-state index in [1.807, 2.05) is 36.4 Å². The Morgan fingerprint density at radius 2 is 1.47 bits per heavy atom. The van der Waals surface area contributed by atoms with E-state index in [0.717, 1.165) is 22.4 Å². The molecule has 1 fully saturated rings. The van der Waals surface area contributed by atoms with E-state index in [-0.39, 0.29) is 18.0 Å². The summed E-state index contributed by atoms with van der Waals surface area (Å²) in [6.07, 6.45) is -0.837. The van der Waals surface area contributed by atoms with Crippen molar-refractivity contribution in [1.82, 2.24) is 0 Å². The maximum Gasteiger partial charge on any atom is 0.414 e. The van der Waals surface area contributed by atoms with Crippen molar-refractivity contribution in [2.75, 3.05) is 19.2 Å². The molecule has 0 saturated carbocycles. The number of phenols is 1. The van der Waals surface area contributed by atoms with Crippen LogP contribution in [0.4, 0.5) is 10.5 Å². The molecule has 188 valence electrons. The van der Waals surface area contributed by atoms with Gasteiger partial charge in [-0.05, 0) is 66.7 Å². The highest BCUT2D eigenvalue weighted by Crippen LogP contribution is 3.04. The van der Waals surface area contributed by atoms with E-state index in [2.05, 4.69) is 5.32 Å². The largest absolute Gasteiger partial charge is 0.507 e. The van der Waals surface area contributed by atoms with E-state index >= 15 is 0 Å². The summed E-state index contributed by atoms with van der Waals surface area (Å²) in [6.45, 7) is -0.356. The summed E-state index contributed by atoms with van der Waals surface area (Å²) in [5, 5.41) is 23.1. The summed E-state index contributed by atoms with van der Waals surface area (Å²) in [4.78, 5) is 23.0. The fourth-order valence-electron chi connectivity index (χ4n) is 3.06. The predicted molar refractivity (Wildman–Crippen MR) is 153 cm³/mol. The van der Waals surface area contributed by atoms with Gasteiger partial charge in [-0.1, -0.05) is 45.6 Å². The number of carbonyl (C=O) groups is 2. The van der Waals surface area contributed by atoms with Crippen molar-refractivity contribution < 1.29 is 34.0 Å². The molecule has 3 aromatic rings. The second-order valence-corrected chi connectivity index (χ2v) is 28.5. The molecule has 36 heavy (non-hydrogen) atoms. The van der Waals surface area contributed by atoms with Crippen LogP contribution >= 0.6 is 30.9 Å². The van der Waals surface area contributed by atoms with Gasteiger partial charge in [-0.2, -0.15) is 0 Å². The SMILES string of the molecule is COc1ccc(P2(=S)SP(=S)(c3ccc(OCOC(=O)Nc4ccc(O)c(C(=O)O)c4)cc3)S2)cc1. The summed E-state index contributed by atoms with van der Waals surface area (Å²) in [5.41, 5.74) is -0.182. The van der Waals surface area contributed by atoms with Gasteiger partial charge in [-0.3, -0.25) is 5.32 Å². The molecule has 1 amide bonds. The van der Waals surface area contributed by atoms with Crippen LogP contribution in [0.1, 0.15) is 10.4 Å². The van der Waals surface area contributed by atoms with E-state index in [0.29, 0.717) is 5.75 Å². The Labute approximate surface area is 224 Å². The number of benzene rings is 3. The molecule has 14 heteroatoms. The standard InChI is InChI=1S/C22H19NO7P2S4/c1-28-15-3-7-17(8-4-15)31(33)35-32(34,36-31)18-9-5-16(6-10-18)29-13-30-22(27)23-14-2-11-20(24)19(12-14)21(25)26/h2-12,24H,13H2,1H3,(H,23,27)(H,25,26). The molecule has 8 nitrogen and oxygen atoms in total. The van der Waals surface area contributed by atoms with Crippen molar-refractivity contribution in [3.8, 4) is 17.2 Å². The lowest BCUT2D eigenvalue weighted by Gasteiger charge is -2.40. The zero-order valence-electron chi connectivity index (χ0n) is 18.5. The first-order valence-electron chi connectivity index (χ1n) is 10.1. The van der Waals surface area contributed by atoms with E-state index < -0.39 is 26.7 Å². The van der Waals surface area contributed by atoms with Gasteiger partial charge in [0, 0.05) is 16.3 Å². The number of amides is 1. The number of aromatic carboxylic acids is 1. The first kappa shape index (κ1) is 26.9. The van der Waals surface area contributed by atoms with Gasteiger partial charge in [-0.25, -0.2) is 9.59 Å². The summed E-state index contributed by atoms with van der Waals surface area (Å²) < 4.78 is 11.9. The Morgan fingerprint density at radius 3 is 2.00 bits per heavy atom. The summed E-state index contributed by atoms with van der Waals surface area (Å²) in [7, 11) is 1.63. The maximum absolute atomic E-state index is 12.0. The van der Waals surface area contributed by atoms with Gasteiger partial charge in [-0.15, -0.1) is 0 Å². The van der Waals surface area contributed by atoms with E-state index in [1.54, 1.807) is 41.2 Å². The number of ether oxygens (including phenoxy) is 3. The number of methoxy groups -OCH3 is 1. The molecule has 0 bridgehead atoms. The molecule has 0 spiro atoms. The quantitative estimate of drug-likeness (QED) is 0.167. The fourth-order valence-corrected chi connectivity index (χ4v) is 45.3. The third-order valence-electron chi connectivity index (χ3n) is 4.86. The second-order valence-electron chi connectivity index (χ2n) is 7.21. The van der Waals surface area contributed by atoms with Crippen LogP contribution < -0.4 is 25.4 Å². The van der Waals surface area contributed by atoms with Crippen LogP contribution in [0.25, 0.3) is 0 Å². The van der Waals surface area contributed by atoms with Crippen molar-refractivity contribution in [3.63, 3.8) is 0 Å². The molecule has 1 aliphatic rings. The molecule has 0 aliphatic carbocycles. The number of carbonyl (C=O) groups excluding carboxylic acids is 1. The fraction of sp³-hybridized carbons (Fsp3) is 0.0909. The van der Waals surface area contributed by atoms with Gasteiger partial charge >= 0.3 is 12.1 Å². The lowest BCUT2D eigenvalue weighted by molar-refractivity contribution is 0.0677. The van der Waals surface area contributed by atoms with Gasteiger partial charge in [0.1, 0.15) is 22.8 Å². The number of carboxylic acid groups (broad SMARTS) is 1. The minimum Gasteiger partial charge on any atom is -0.507 e. The monoisotopic (exact) mass is 599 g/mol. The number of anilines is 1. The maximum atomic E-state index is 12.0. The smallest absolute Gasteiger partial charge is 0.414 e. The zero-order chi connectivity index (χ0) is 25.9. The van der Waals surface area contributed by atoms with E-state index in [1.165, 1.54) is 12.1 Å². The summed E-state index contributed by atoms with van der Waals surface area (Å²) >= 11 is 15.4. The van der Waals surface area contributed by atoms with Gasteiger partial charge in [0.25, 0.3) is 0 Å². The molecule has 0 unspecified atom stereocenters. The predicted octanol–water partition coefficient (Wildman–Crippen LogP) is 5.73. The highest BCUT2D eigenvalue weighted by Gasteiger charge is 2.45. The van der Waals surface area contributed by atoms with Crippen molar-refractivity contribution in [2.45, 2.75) is 0 Å². The number of hydrogen-bond acceptors (Lipinski definition) is 10. The Kier molecular flexibility index (Phi) is 8.24. The van der Waals surface area contributed by atoms with E-state index in [4.69, 9.17) is 42.9 Å². The van der Waals surface area contributed by atoms with Crippen LogP contribution in [0.2, 0.25) is 0 Å². The molecule has 3 aromatic carbocycles. The number of rotatable bonds is 8. The normalized spacial score (nSPS) is 20.6. The molecule has 4 rings (SSSR count). The molecule has 0 atom stereocenters. The van der Waals surface area contributed by atoms with Crippen LogP contribution in [-0.4, -0.2) is 36.2 Å². The minimum absolute atomic E-state index is 0.157. The number of nitrogens with one attached hydrogen (secondary N) is 1. The number of carboxylic acids is 1. The highest BCUT2D eigenvalue weighted by atomic mass is 33.7. The van der Waals surface area contributed by atoms with Crippen LogP contribution in [0, 0.1) is 0 Å². The zero-order valence-corrected chi connectivity index (χ0v) is 23.6. The lowest BCUT2D eigenvalue weighted by atomic mass is 10.2. The van der Waals surface area contributed by atoms with Crippen LogP contribution in [0.5, 0.6) is 17.2 Å².